The molecule has 4 nitrogen and oxygen atoms in total. The second-order valence-electron chi connectivity index (χ2n) is 15.9. The molecule has 0 radical (unpaired) electrons. The molecule has 13 rings (SSSR count). The van der Waals surface area contributed by atoms with Crippen molar-refractivity contribution in [2.75, 3.05) is 0 Å². The van der Waals surface area contributed by atoms with Crippen molar-refractivity contribution in [2.45, 2.75) is 0 Å². The summed E-state index contributed by atoms with van der Waals surface area (Å²) in [6, 6.07) is 71.1. The Hall–Kier alpha value is -7.99. The topological polar surface area (TPSA) is 51.8 Å². The highest BCUT2D eigenvalue weighted by molar-refractivity contribution is 7.26. The van der Waals surface area contributed by atoms with E-state index in [0.717, 1.165) is 44.2 Å². The largest absolute Gasteiger partial charge is 0.456 e. The summed E-state index contributed by atoms with van der Waals surface area (Å²) >= 11 is 1.86. The minimum Gasteiger partial charge on any atom is -0.456 e. The summed E-state index contributed by atoms with van der Waals surface area (Å²) in [5.41, 5.74) is 9.19. The van der Waals surface area contributed by atoms with Crippen molar-refractivity contribution in [3.05, 3.63) is 200 Å². The van der Waals surface area contributed by atoms with Gasteiger partial charge in [0.05, 0.1) is 0 Å². The molecule has 0 spiro atoms. The van der Waals surface area contributed by atoms with Crippen molar-refractivity contribution in [1.29, 1.82) is 0 Å². The molecule has 0 aliphatic carbocycles. The van der Waals surface area contributed by atoms with E-state index in [9.17, 15) is 0 Å². The summed E-state index contributed by atoms with van der Waals surface area (Å²) < 4.78 is 9.09. The maximum atomic E-state index is 6.54. The molecule has 0 bridgehead atoms. The molecular formula is C57H33N3OS. The summed E-state index contributed by atoms with van der Waals surface area (Å²) in [4.78, 5) is 14.8. The zero-order chi connectivity index (χ0) is 40.7. The van der Waals surface area contributed by atoms with Crippen LogP contribution in [0.1, 0.15) is 0 Å². The van der Waals surface area contributed by atoms with Gasteiger partial charge in [0.25, 0.3) is 0 Å². The Bertz CT molecular complexity index is 3830. The third-order valence-electron chi connectivity index (χ3n) is 12.3. The Morgan fingerprint density at radius 3 is 1.48 bits per heavy atom. The molecule has 3 aromatic heterocycles. The van der Waals surface area contributed by atoms with Crippen molar-refractivity contribution >= 4 is 85.8 Å². The number of aromatic nitrogens is 3. The van der Waals surface area contributed by atoms with Gasteiger partial charge in [-0.3, -0.25) is 0 Å². The van der Waals surface area contributed by atoms with Crippen LogP contribution in [0.5, 0.6) is 0 Å². The third-order valence-corrected chi connectivity index (χ3v) is 13.4. The van der Waals surface area contributed by atoms with Crippen LogP contribution in [0.4, 0.5) is 0 Å². The summed E-state index contributed by atoms with van der Waals surface area (Å²) in [6.45, 7) is 0. The minimum absolute atomic E-state index is 0.600. The average Bonchev–Trinajstić information content (AvgIpc) is 3.91. The van der Waals surface area contributed by atoms with Crippen LogP contribution in [0.25, 0.3) is 131 Å². The summed E-state index contributed by atoms with van der Waals surface area (Å²) in [5.74, 6) is 1.86. The van der Waals surface area contributed by atoms with Crippen LogP contribution in [0, 0.1) is 0 Å². The van der Waals surface area contributed by atoms with E-state index in [0.29, 0.717) is 17.5 Å². The number of rotatable bonds is 5. The van der Waals surface area contributed by atoms with Gasteiger partial charge in [-0.2, -0.15) is 0 Å². The van der Waals surface area contributed by atoms with Crippen molar-refractivity contribution < 1.29 is 4.42 Å². The molecule has 62 heavy (non-hydrogen) atoms. The number of thiophene rings is 1. The first-order valence-corrected chi connectivity index (χ1v) is 21.6. The standard InChI is InChI=1S/C57H33N3OS/c1-3-12-34(13-4-1)55-58-56(35-14-5-2-6-15-35)60-57(59-55)39-24-27-46-49-31-38(25-29-50(49)61-51(46)32-39)40-20-11-21-52-54(40)47-28-23-37(33-53(47)62-52)36-22-26-45-43-18-8-7-16-41(43)42-17-9-10-19-44(42)48(45)30-36/h1-33H. The fourth-order valence-corrected chi connectivity index (χ4v) is 10.5. The van der Waals surface area contributed by atoms with E-state index in [2.05, 4.69) is 140 Å². The number of furan rings is 1. The molecule has 0 saturated heterocycles. The van der Waals surface area contributed by atoms with E-state index in [1.54, 1.807) is 0 Å². The Labute approximate surface area is 360 Å². The predicted molar refractivity (Wildman–Crippen MR) is 260 cm³/mol. The molecule has 0 unspecified atom stereocenters. The molecule has 0 amide bonds. The maximum absolute atomic E-state index is 6.54. The van der Waals surface area contributed by atoms with Gasteiger partial charge in [-0.25, -0.2) is 15.0 Å². The molecule has 0 aliphatic heterocycles. The van der Waals surface area contributed by atoms with Gasteiger partial charge in [0.1, 0.15) is 11.2 Å². The highest BCUT2D eigenvalue weighted by Gasteiger charge is 2.18. The molecule has 0 aliphatic rings. The van der Waals surface area contributed by atoms with Crippen LogP contribution in [0.15, 0.2) is 205 Å². The molecular weight excluding hydrogens is 775 g/mol. The van der Waals surface area contributed by atoms with Gasteiger partial charge in [-0.15, -0.1) is 11.3 Å². The van der Waals surface area contributed by atoms with E-state index in [1.165, 1.54) is 69.2 Å². The zero-order valence-corrected chi connectivity index (χ0v) is 34.0. The monoisotopic (exact) mass is 807 g/mol. The lowest BCUT2D eigenvalue weighted by atomic mass is 9.92. The highest BCUT2D eigenvalue weighted by atomic mass is 32.1. The first kappa shape index (κ1) is 34.8. The second-order valence-corrected chi connectivity index (χ2v) is 17.0. The first-order valence-electron chi connectivity index (χ1n) is 20.8. The Morgan fingerprint density at radius 1 is 0.290 bits per heavy atom. The van der Waals surface area contributed by atoms with Crippen LogP contribution in [-0.2, 0) is 0 Å². The molecule has 288 valence electrons. The van der Waals surface area contributed by atoms with Crippen LogP contribution in [-0.4, -0.2) is 15.0 Å². The van der Waals surface area contributed by atoms with Crippen LogP contribution in [0.2, 0.25) is 0 Å². The second kappa shape index (κ2) is 13.8. The lowest BCUT2D eigenvalue weighted by Gasteiger charge is -2.12. The van der Waals surface area contributed by atoms with Gasteiger partial charge < -0.3 is 4.42 Å². The Kier molecular flexibility index (Phi) is 7.74. The molecule has 0 saturated carbocycles. The van der Waals surface area contributed by atoms with E-state index >= 15 is 0 Å². The normalized spacial score (nSPS) is 11.9. The average molecular weight is 808 g/mol. The van der Waals surface area contributed by atoms with Crippen LogP contribution in [0.3, 0.4) is 0 Å². The Morgan fingerprint density at radius 2 is 0.806 bits per heavy atom. The molecule has 0 atom stereocenters. The van der Waals surface area contributed by atoms with Crippen molar-refractivity contribution in [2.24, 2.45) is 0 Å². The van der Waals surface area contributed by atoms with E-state index < -0.39 is 0 Å². The predicted octanol–water partition coefficient (Wildman–Crippen LogP) is 15.9. The van der Waals surface area contributed by atoms with Gasteiger partial charge in [0.2, 0.25) is 0 Å². The molecule has 3 heterocycles. The summed E-state index contributed by atoms with van der Waals surface area (Å²) in [7, 11) is 0. The van der Waals surface area contributed by atoms with Crippen molar-refractivity contribution in [3.63, 3.8) is 0 Å². The number of fused-ring (bicyclic) bond motifs is 12. The van der Waals surface area contributed by atoms with Crippen molar-refractivity contribution in [3.8, 4) is 56.4 Å². The third kappa shape index (κ3) is 5.56. The SMILES string of the molecule is c1ccc(-c2nc(-c3ccccc3)nc(-c3ccc4c(c3)oc3ccc(-c5cccc6sc7cc(-c8ccc9c%10ccccc%10c%10ccccc%10c9c8)ccc7c56)cc34)n2)cc1. The van der Waals surface area contributed by atoms with E-state index in [1.807, 2.05) is 72.0 Å². The first-order chi connectivity index (χ1) is 30.7. The molecule has 13 aromatic rings. The number of benzene rings is 10. The number of hydrogen-bond donors (Lipinski definition) is 0. The zero-order valence-electron chi connectivity index (χ0n) is 33.2. The fourth-order valence-electron chi connectivity index (χ4n) is 9.35. The number of hydrogen-bond acceptors (Lipinski definition) is 5. The minimum atomic E-state index is 0.600. The van der Waals surface area contributed by atoms with Gasteiger partial charge in [-0.1, -0.05) is 158 Å². The van der Waals surface area contributed by atoms with Crippen LogP contribution >= 0.6 is 11.3 Å². The highest BCUT2D eigenvalue weighted by Crippen LogP contribution is 2.44. The van der Waals surface area contributed by atoms with Gasteiger partial charge in [-0.05, 0) is 97.0 Å². The lowest BCUT2D eigenvalue weighted by Crippen LogP contribution is -2.00. The van der Waals surface area contributed by atoms with Crippen LogP contribution < -0.4 is 0 Å². The smallest absolute Gasteiger partial charge is 0.164 e. The maximum Gasteiger partial charge on any atom is 0.164 e. The van der Waals surface area contributed by atoms with Crippen molar-refractivity contribution in [1.82, 2.24) is 15.0 Å². The molecule has 0 fully saturated rings. The van der Waals surface area contributed by atoms with E-state index in [4.69, 9.17) is 19.4 Å². The summed E-state index contributed by atoms with van der Waals surface area (Å²) in [6.07, 6.45) is 0. The van der Waals surface area contributed by atoms with Gasteiger partial charge in [0.15, 0.2) is 17.5 Å². The van der Waals surface area contributed by atoms with E-state index in [-0.39, 0.29) is 0 Å². The summed E-state index contributed by atoms with van der Waals surface area (Å²) in [5, 5.41) is 12.4. The Balaban J connectivity index is 0.893. The van der Waals surface area contributed by atoms with Gasteiger partial charge >= 0.3 is 0 Å². The quantitative estimate of drug-likeness (QED) is 0.163. The molecule has 5 heteroatoms. The molecule has 0 N–H and O–H groups in total. The number of nitrogens with zero attached hydrogens (tertiary/aromatic N) is 3. The van der Waals surface area contributed by atoms with Gasteiger partial charge in [0, 0.05) is 47.6 Å². The molecule has 10 aromatic carbocycles. The fraction of sp³-hybridized carbons (Fsp3) is 0. The lowest BCUT2D eigenvalue weighted by molar-refractivity contribution is 0.669.